The van der Waals surface area contributed by atoms with Crippen molar-refractivity contribution in [3.8, 4) is 5.75 Å². The predicted octanol–water partition coefficient (Wildman–Crippen LogP) is 2.60. The molecule has 3 rings (SSSR count). The van der Waals surface area contributed by atoms with E-state index in [2.05, 4.69) is 0 Å². The fraction of sp³-hybridized carbons (Fsp3) is 0.333. The van der Waals surface area contributed by atoms with Gasteiger partial charge in [0.05, 0.1) is 5.69 Å². The first-order valence-electron chi connectivity index (χ1n) is 9.23. The fourth-order valence-electron chi connectivity index (χ4n) is 3.14. The van der Waals surface area contributed by atoms with Crippen molar-refractivity contribution in [3.63, 3.8) is 0 Å². The molecule has 150 valence electrons. The second-order valence-corrected chi connectivity index (χ2v) is 6.49. The lowest BCUT2D eigenvalue weighted by Gasteiger charge is -2.30. The Morgan fingerprint density at radius 2 is 1.82 bits per heavy atom. The van der Waals surface area contributed by atoms with Crippen LogP contribution in [0.1, 0.15) is 18.4 Å². The molecule has 0 aliphatic carbocycles. The molecule has 2 aromatic carbocycles. The first-order chi connectivity index (χ1) is 13.2. The van der Waals surface area contributed by atoms with E-state index >= 15 is 0 Å². The minimum Gasteiger partial charge on any atom is -0.482 e. The Hall–Kier alpha value is -2.57. The molecule has 1 aliphatic heterocycles. The van der Waals surface area contributed by atoms with Gasteiger partial charge < -0.3 is 20.3 Å². The Balaban J connectivity index is 0.00000280. The molecule has 2 amide bonds. The Morgan fingerprint density at radius 3 is 2.57 bits per heavy atom. The van der Waals surface area contributed by atoms with Crippen molar-refractivity contribution in [2.75, 3.05) is 31.1 Å². The van der Waals surface area contributed by atoms with Gasteiger partial charge in [0.25, 0.3) is 5.91 Å². The number of hydrogen-bond donors (Lipinski definition) is 1. The molecule has 0 aromatic heterocycles. The second-order valence-electron chi connectivity index (χ2n) is 6.49. The van der Waals surface area contributed by atoms with Crippen molar-refractivity contribution in [3.05, 3.63) is 60.2 Å². The van der Waals surface area contributed by atoms with Gasteiger partial charge in [-0.2, -0.15) is 0 Å². The molecule has 0 atom stereocenters. The maximum Gasteiger partial charge on any atom is 0.265 e. The van der Waals surface area contributed by atoms with Gasteiger partial charge in [0.15, 0.2) is 6.61 Å². The molecule has 7 heteroatoms. The molecular weight excluding hydrogens is 378 g/mol. The van der Waals surface area contributed by atoms with Crippen LogP contribution >= 0.6 is 12.4 Å². The highest BCUT2D eigenvalue weighted by Gasteiger charge is 2.26. The third-order valence-electron chi connectivity index (χ3n) is 4.56. The number of benzene rings is 2. The lowest BCUT2D eigenvalue weighted by molar-refractivity contribution is -0.131. The predicted molar refractivity (Wildman–Crippen MR) is 112 cm³/mol. The standard InChI is InChI=1S/C21H25N3O3.ClH/c22-12-6-13-23(15-17-7-2-1-3-8-17)20(25)11-14-24-18-9-4-5-10-19(18)27-16-21(24)26;/h1-5,7-10H,6,11-16,22H2;1H. The van der Waals surface area contributed by atoms with Crippen molar-refractivity contribution in [1.82, 2.24) is 4.90 Å². The number of nitrogens with zero attached hydrogens (tertiary/aromatic N) is 2. The molecule has 1 aliphatic rings. The zero-order valence-corrected chi connectivity index (χ0v) is 16.6. The van der Waals surface area contributed by atoms with Crippen LogP contribution in [0.15, 0.2) is 54.6 Å². The van der Waals surface area contributed by atoms with E-state index in [0.29, 0.717) is 31.9 Å². The number of anilines is 1. The molecule has 0 saturated heterocycles. The number of fused-ring (bicyclic) bond motifs is 1. The van der Waals surface area contributed by atoms with E-state index in [0.717, 1.165) is 17.7 Å². The molecule has 0 bridgehead atoms. The minimum absolute atomic E-state index is 0. The van der Waals surface area contributed by atoms with Crippen LogP contribution in [-0.2, 0) is 16.1 Å². The van der Waals surface area contributed by atoms with E-state index in [1.807, 2.05) is 59.5 Å². The molecule has 0 spiro atoms. The Kier molecular flexibility index (Phi) is 8.29. The number of ether oxygens (including phenoxy) is 1. The van der Waals surface area contributed by atoms with Crippen LogP contribution in [0.5, 0.6) is 5.75 Å². The van der Waals surface area contributed by atoms with Crippen molar-refractivity contribution in [2.24, 2.45) is 5.73 Å². The zero-order valence-electron chi connectivity index (χ0n) is 15.8. The van der Waals surface area contributed by atoms with E-state index in [-0.39, 0.29) is 37.2 Å². The van der Waals surface area contributed by atoms with Crippen molar-refractivity contribution < 1.29 is 14.3 Å². The third-order valence-corrected chi connectivity index (χ3v) is 4.56. The number of hydrogen-bond acceptors (Lipinski definition) is 4. The molecule has 28 heavy (non-hydrogen) atoms. The first-order valence-corrected chi connectivity index (χ1v) is 9.23. The molecule has 2 N–H and O–H groups in total. The van der Waals surface area contributed by atoms with Crippen molar-refractivity contribution >= 4 is 29.9 Å². The van der Waals surface area contributed by atoms with Crippen LogP contribution in [0, 0.1) is 0 Å². The highest BCUT2D eigenvalue weighted by Crippen LogP contribution is 2.31. The van der Waals surface area contributed by atoms with Gasteiger partial charge in [0.1, 0.15) is 5.75 Å². The number of rotatable bonds is 8. The smallest absolute Gasteiger partial charge is 0.265 e. The molecular formula is C21H26ClN3O3. The number of carbonyl (C=O) groups excluding carboxylic acids is 2. The Morgan fingerprint density at radius 1 is 1.11 bits per heavy atom. The number of para-hydroxylation sites is 2. The summed E-state index contributed by atoms with van der Waals surface area (Å²) in [5.74, 6) is 0.566. The normalized spacial score (nSPS) is 12.6. The lowest BCUT2D eigenvalue weighted by Crippen LogP contribution is -2.42. The third kappa shape index (κ3) is 5.47. The van der Waals surface area contributed by atoms with E-state index < -0.39 is 0 Å². The molecule has 0 fully saturated rings. The highest BCUT2D eigenvalue weighted by atomic mass is 35.5. The summed E-state index contributed by atoms with van der Waals surface area (Å²) in [6.07, 6.45) is 1.01. The van der Waals surface area contributed by atoms with Gasteiger partial charge >= 0.3 is 0 Å². The maximum absolute atomic E-state index is 12.8. The van der Waals surface area contributed by atoms with Crippen molar-refractivity contribution in [2.45, 2.75) is 19.4 Å². The van der Waals surface area contributed by atoms with Crippen LogP contribution < -0.4 is 15.4 Å². The van der Waals surface area contributed by atoms with Gasteiger partial charge in [0, 0.05) is 26.1 Å². The summed E-state index contributed by atoms with van der Waals surface area (Å²) in [6, 6.07) is 17.3. The molecule has 0 saturated carbocycles. The summed E-state index contributed by atoms with van der Waals surface area (Å²) in [7, 11) is 0. The first kappa shape index (κ1) is 21.7. The van der Waals surface area contributed by atoms with Crippen LogP contribution in [0.4, 0.5) is 5.69 Å². The van der Waals surface area contributed by atoms with Gasteiger partial charge in [-0.05, 0) is 30.7 Å². The monoisotopic (exact) mass is 403 g/mol. The van der Waals surface area contributed by atoms with Gasteiger partial charge in [-0.25, -0.2) is 0 Å². The SMILES string of the molecule is Cl.NCCCN(Cc1ccccc1)C(=O)CCN1C(=O)COc2ccccc21. The Bertz CT molecular complexity index is 785. The van der Waals surface area contributed by atoms with Gasteiger partial charge in [-0.15, -0.1) is 12.4 Å². The Labute approximate surface area is 171 Å². The summed E-state index contributed by atoms with van der Waals surface area (Å²) < 4.78 is 5.45. The van der Waals surface area contributed by atoms with Crippen LogP contribution in [0.3, 0.4) is 0 Å². The van der Waals surface area contributed by atoms with Crippen LogP contribution in [-0.4, -0.2) is 43.0 Å². The van der Waals surface area contributed by atoms with Crippen molar-refractivity contribution in [1.29, 1.82) is 0 Å². The largest absolute Gasteiger partial charge is 0.482 e. The molecule has 1 heterocycles. The second kappa shape index (κ2) is 10.7. The summed E-state index contributed by atoms with van der Waals surface area (Å²) in [4.78, 5) is 28.6. The average molecular weight is 404 g/mol. The molecule has 6 nitrogen and oxygen atoms in total. The summed E-state index contributed by atoms with van der Waals surface area (Å²) in [5, 5.41) is 0. The van der Waals surface area contributed by atoms with Gasteiger partial charge in [-0.1, -0.05) is 42.5 Å². The summed E-state index contributed by atoms with van der Waals surface area (Å²) >= 11 is 0. The van der Waals surface area contributed by atoms with E-state index in [1.54, 1.807) is 4.90 Å². The molecule has 0 unspecified atom stereocenters. The number of halogens is 1. The van der Waals surface area contributed by atoms with E-state index in [9.17, 15) is 9.59 Å². The van der Waals surface area contributed by atoms with Crippen LogP contribution in [0.25, 0.3) is 0 Å². The zero-order chi connectivity index (χ0) is 19.1. The fourth-order valence-corrected chi connectivity index (χ4v) is 3.14. The topological polar surface area (TPSA) is 75.9 Å². The molecule has 0 radical (unpaired) electrons. The highest BCUT2D eigenvalue weighted by molar-refractivity contribution is 5.98. The van der Waals surface area contributed by atoms with Gasteiger partial charge in [-0.3, -0.25) is 9.59 Å². The quantitative estimate of drug-likeness (QED) is 0.735. The average Bonchev–Trinajstić information content (AvgIpc) is 2.71. The van der Waals surface area contributed by atoms with E-state index in [1.165, 1.54) is 0 Å². The number of carbonyl (C=O) groups is 2. The number of amides is 2. The van der Waals surface area contributed by atoms with Gasteiger partial charge in [0.2, 0.25) is 5.91 Å². The summed E-state index contributed by atoms with van der Waals surface area (Å²) in [5.41, 5.74) is 7.43. The van der Waals surface area contributed by atoms with E-state index in [4.69, 9.17) is 10.5 Å². The summed E-state index contributed by atoms with van der Waals surface area (Å²) in [6.45, 7) is 2.04. The lowest BCUT2D eigenvalue weighted by atomic mass is 10.2. The number of nitrogens with two attached hydrogens (primary N) is 1. The van der Waals surface area contributed by atoms with Crippen LogP contribution in [0.2, 0.25) is 0 Å². The molecule has 2 aromatic rings. The maximum atomic E-state index is 12.8. The minimum atomic E-state index is -0.127.